The zero-order chi connectivity index (χ0) is 8.91. The summed E-state index contributed by atoms with van der Waals surface area (Å²) < 4.78 is 44.1. The van der Waals surface area contributed by atoms with Crippen LogP contribution in [-0.2, 0) is 9.84 Å². The van der Waals surface area contributed by atoms with Crippen LogP contribution in [0.5, 0.6) is 0 Å². The van der Waals surface area contributed by atoms with Gasteiger partial charge in [-0.1, -0.05) is 0 Å². The van der Waals surface area contributed by atoms with Crippen molar-refractivity contribution >= 4 is 9.84 Å². The second-order valence-corrected chi connectivity index (χ2v) is 4.11. The topological polar surface area (TPSA) is 57.9 Å². The van der Waals surface area contributed by atoms with Crippen LogP contribution >= 0.6 is 0 Å². The van der Waals surface area contributed by atoms with E-state index in [0.717, 1.165) is 0 Å². The molecule has 0 N–H and O–H groups in total. The van der Waals surface area contributed by atoms with Crippen molar-refractivity contribution in [2.45, 2.75) is 12.8 Å². The lowest BCUT2D eigenvalue weighted by Crippen LogP contribution is -2.12. The number of rotatable bonds is 4. The Bertz CT molecular complexity index is 242. The predicted molar refractivity (Wildman–Crippen MR) is 34.9 cm³/mol. The number of nitriles is 1. The number of hydrogen-bond acceptors (Lipinski definition) is 3. The molecule has 0 amide bonds. The Labute approximate surface area is 63.5 Å². The number of hydrogen-bond donors (Lipinski definition) is 0. The van der Waals surface area contributed by atoms with Crippen LogP contribution in [0.2, 0.25) is 0 Å². The average molecular weight is 183 g/mol. The van der Waals surface area contributed by atoms with E-state index >= 15 is 0 Å². The highest BCUT2D eigenvalue weighted by Gasteiger charge is 2.13. The highest BCUT2D eigenvalue weighted by Crippen LogP contribution is 2.02. The van der Waals surface area contributed by atoms with E-state index in [1.165, 1.54) is 6.07 Å². The molecule has 0 spiro atoms. The summed E-state index contributed by atoms with van der Waals surface area (Å²) in [4.78, 5) is 0. The summed E-state index contributed by atoms with van der Waals surface area (Å²) in [6.45, 7) is 0. The Morgan fingerprint density at radius 3 is 2.36 bits per heavy atom. The van der Waals surface area contributed by atoms with E-state index in [-0.39, 0.29) is 0 Å². The molecule has 64 valence electrons. The third-order valence-electron chi connectivity index (χ3n) is 0.932. The van der Waals surface area contributed by atoms with Gasteiger partial charge in [0.15, 0.2) is 9.84 Å². The fraction of sp³-hybridized carbons (Fsp3) is 0.800. The molecule has 0 unspecified atom stereocenters. The van der Waals surface area contributed by atoms with Crippen molar-refractivity contribution in [2.75, 3.05) is 11.5 Å². The molecule has 6 heteroatoms. The van der Waals surface area contributed by atoms with Gasteiger partial charge in [0, 0.05) is 6.42 Å². The molecule has 0 rings (SSSR count). The van der Waals surface area contributed by atoms with Crippen molar-refractivity contribution < 1.29 is 17.2 Å². The molecule has 3 nitrogen and oxygen atoms in total. The van der Waals surface area contributed by atoms with Gasteiger partial charge in [-0.2, -0.15) is 5.26 Å². The fourth-order valence-corrected chi connectivity index (χ4v) is 1.32. The van der Waals surface area contributed by atoms with Crippen molar-refractivity contribution in [3.63, 3.8) is 0 Å². The first kappa shape index (κ1) is 10.3. The van der Waals surface area contributed by atoms with Gasteiger partial charge in [0.2, 0.25) is 6.43 Å². The minimum atomic E-state index is -3.57. The summed E-state index contributed by atoms with van der Waals surface area (Å²) >= 11 is 0. The van der Waals surface area contributed by atoms with E-state index < -0.39 is 34.2 Å². The van der Waals surface area contributed by atoms with Gasteiger partial charge in [-0.3, -0.25) is 0 Å². The molecule has 0 saturated heterocycles. The number of sulfone groups is 1. The van der Waals surface area contributed by atoms with Crippen molar-refractivity contribution in [3.8, 4) is 6.07 Å². The minimum absolute atomic E-state index is 0.613. The average Bonchev–Trinajstić information content (AvgIpc) is 1.84. The normalized spacial score (nSPS) is 11.5. The molecule has 0 heterocycles. The highest BCUT2D eigenvalue weighted by molar-refractivity contribution is 7.91. The second kappa shape index (κ2) is 4.23. The molecule has 0 aromatic heterocycles. The van der Waals surface area contributed by atoms with Gasteiger partial charge in [-0.25, -0.2) is 17.2 Å². The van der Waals surface area contributed by atoms with Gasteiger partial charge in [0.1, 0.15) is 5.75 Å². The molecule has 0 saturated carbocycles. The van der Waals surface area contributed by atoms with Gasteiger partial charge >= 0.3 is 0 Å². The van der Waals surface area contributed by atoms with Crippen LogP contribution in [0.15, 0.2) is 0 Å². The minimum Gasteiger partial charge on any atom is -0.228 e. The van der Waals surface area contributed by atoms with E-state index in [9.17, 15) is 17.2 Å². The van der Waals surface area contributed by atoms with Gasteiger partial charge in [0.25, 0.3) is 0 Å². The standard InChI is InChI=1S/C5H7F2NO2S/c6-5(7)1-3-11(9,10)4-2-8/h5H,1,3-4H2. The molecule has 0 aromatic carbocycles. The van der Waals surface area contributed by atoms with E-state index in [1.807, 2.05) is 0 Å². The smallest absolute Gasteiger partial charge is 0.228 e. The summed E-state index contributed by atoms with van der Waals surface area (Å²) in [6.07, 6.45) is -3.31. The third-order valence-corrected chi connectivity index (χ3v) is 2.36. The van der Waals surface area contributed by atoms with Gasteiger partial charge in [0.05, 0.1) is 11.8 Å². The molecule has 0 fully saturated rings. The molecule has 11 heavy (non-hydrogen) atoms. The SMILES string of the molecule is N#CCS(=O)(=O)CCC(F)F. The monoisotopic (exact) mass is 183 g/mol. The van der Waals surface area contributed by atoms with Crippen molar-refractivity contribution in [1.82, 2.24) is 0 Å². The number of halogens is 2. The summed E-state index contributed by atoms with van der Waals surface area (Å²) in [5.74, 6) is -1.29. The van der Waals surface area contributed by atoms with Gasteiger partial charge in [-0.05, 0) is 0 Å². The molecule has 0 atom stereocenters. The molecule has 0 bridgehead atoms. The van der Waals surface area contributed by atoms with Crippen LogP contribution in [-0.4, -0.2) is 26.3 Å². The molecule has 0 aliphatic heterocycles. The first-order chi connectivity index (χ1) is 4.98. The number of alkyl halides is 2. The molecule has 0 aromatic rings. The Morgan fingerprint density at radius 2 is 2.00 bits per heavy atom. The Morgan fingerprint density at radius 1 is 1.45 bits per heavy atom. The third kappa shape index (κ3) is 5.73. The lowest BCUT2D eigenvalue weighted by molar-refractivity contribution is 0.145. The van der Waals surface area contributed by atoms with E-state index in [1.54, 1.807) is 0 Å². The first-order valence-electron chi connectivity index (χ1n) is 2.83. The lowest BCUT2D eigenvalue weighted by atomic mass is 10.5. The Kier molecular flexibility index (Phi) is 3.97. The van der Waals surface area contributed by atoms with E-state index in [4.69, 9.17) is 5.26 Å². The summed E-state index contributed by atoms with van der Waals surface area (Å²) in [6, 6.07) is 1.40. The quantitative estimate of drug-likeness (QED) is 0.640. The predicted octanol–water partition coefficient (Wildman–Crippen LogP) is 0.580. The van der Waals surface area contributed by atoms with Crippen molar-refractivity contribution in [2.24, 2.45) is 0 Å². The second-order valence-electron chi connectivity index (χ2n) is 1.93. The maximum absolute atomic E-state index is 11.5. The molecule has 0 radical (unpaired) electrons. The van der Waals surface area contributed by atoms with E-state index in [0.29, 0.717) is 0 Å². The van der Waals surface area contributed by atoms with Crippen molar-refractivity contribution in [3.05, 3.63) is 0 Å². The fourth-order valence-electron chi connectivity index (χ4n) is 0.439. The summed E-state index contributed by atoms with van der Waals surface area (Å²) in [7, 11) is -3.57. The maximum atomic E-state index is 11.5. The van der Waals surface area contributed by atoms with Crippen LogP contribution in [0.25, 0.3) is 0 Å². The zero-order valence-corrected chi connectivity index (χ0v) is 6.44. The number of nitrogens with zero attached hydrogens (tertiary/aromatic N) is 1. The van der Waals surface area contributed by atoms with Crippen LogP contribution in [0.3, 0.4) is 0 Å². The maximum Gasteiger partial charge on any atom is 0.239 e. The van der Waals surface area contributed by atoms with Crippen molar-refractivity contribution in [1.29, 1.82) is 5.26 Å². The Hall–Kier alpha value is -0.700. The molecular weight excluding hydrogens is 176 g/mol. The van der Waals surface area contributed by atoms with Crippen LogP contribution in [0, 0.1) is 11.3 Å². The van der Waals surface area contributed by atoms with Crippen LogP contribution in [0.4, 0.5) is 8.78 Å². The summed E-state index contributed by atoms with van der Waals surface area (Å²) in [5, 5.41) is 7.95. The van der Waals surface area contributed by atoms with Crippen LogP contribution in [0.1, 0.15) is 6.42 Å². The van der Waals surface area contributed by atoms with Gasteiger partial charge < -0.3 is 0 Å². The molecule has 0 aliphatic carbocycles. The largest absolute Gasteiger partial charge is 0.239 e. The van der Waals surface area contributed by atoms with Gasteiger partial charge in [-0.15, -0.1) is 0 Å². The summed E-state index contributed by atoms with van der Waals surface area (Å²) in [5.41, 5.74) is 0. The highest BCUT2D eigenvalue weighted by atomic mass is 32.2. The molecular formula is C5H7F2NO2S. The van der Waals surface area contributed by atoms with E-state index in [2.05, 4.69) is 0 Å². The van der Waals surface area contributed by atoms with Crippen LogP contribution < -0.4 is 0 Å². The molecule has 0 aliphatic rings. The lowest BCUT2D eigenvalue weighted by Gasteiger charge is -1.97. The Balaban J connectivity index is 3.87. The zero-order valence-electron chi connectivity index (χ0n) is 5.63. The first-order valence-corrected chi connectivity index (χ1v) is 4.65.